The second-order valence-corrected chi connectivity index (χ2v) is 6.93. The second kappa shape index (κ2) is 11.0. The van der Waals surface area contributed by atoms with Crippen LogP contribution in [-0.4, -0.2) is 68.2 Å². The summed E-state index contributed by atoms with van der Waals surface area (Å²) in [6, 6.07) is 5.28. The summed E-state index contributed by atoms with van der Waals surface area (Å²) in [5.74, 6) is 5.88. The molecule has 1 aromatic rings. The summed E-state index contributed by atoms with van der Waals surface area (Å²) in [4.78, 5) is 26.9. The summed E-state index contributed by atoms with van der Waals surface area (Å²) in [6.07, 6.45) is 1.27. The van der Waals surface area contributed by atoms with Crippen LogP contribution in [0.4, 0.5) is 4.79 Å². The number of carbonyl (C=O) groups is 2. The van der Waals surface area contributed by atoms with E-state index in [1.54, 1.807) is 17.0 Å². The van der Waals surface area contributed by atoms with E-state index in [2.05, 4.69) is 22.1 Å². The maximum absolute atomic E-state index is 11.9. The molecule has 0 spiro atoms. The van der Waals surface area contributed by atoms with Crippen molar-refractivity contribution >= 4 is 35.2 Å². The van der Waals surface area contributed by atoms with Crippen molar-refractivity contribution in [3.05, 3.63) is 33.8 Å². The Kier molecular flexibility index (Phi) is 8.73. The van der Waals surface area contributed by atoms with E-state index in [1.165, 1.54) is 7.05 Å². The molecule has 0 aromatic heterocycles. The van der Waals surface area contributed by atoms with Crippen LogP contribution in [0, 0.1) is 11.8 Å². The minimum atomic E-state index is -0.441. The number of benzene rings is 1. The fraction of sp³-hybridized carbons (Fsp3) is 0.474. The molecule has 1 N–H and O–H groups in total. The van der Waals surface area contributed by atoms with Gasteiger partial charge in [-0.15, -0.1) is 0 Å². The Morgan fingerprint density at radius 3 is 2.63 bits per heavy atom. The van der Waals surface area contributed by atoms with Crippen LogP contribution in [0.25, 0.3) is 0 Å². The maximum atomic E-state index is 11.9. The van der Waals surface area contributed by atoms with Crippen LogP contribution in [0.3, 0.4) is 0 Å². The topological polar surface area (TPSA) is 61.9 Å². The Labute approximate surface area is 169 Å². The fourth-order valence-corrected chi connectivity index (χ4v) is 3.04. The molecule has 146 valence electrons. The summed E-state index contributed by atoms with van der Waals surface area (Å²) in [6.45, 7) is 3.43. The van der Waals surface area contributed by atoms with Crippen LogP contribution in [0.1, 0.15) is 18.4 Å². The van der Waals surface area contributed by atoms with Gasteiger partial charge in [-0.25, -0.2) is 4.79 Å². The van der Waals surface area contributed by atoms with Gasteiger partial charge in [0.05, 0.1) is 5.02 Å². The van der Waals surface area contributed by atoms with Crippen molar-refractivity contribution in [2.75, 3.05) is 46.4 Å². The number of piperazine rings is 1. The average molecular weight is 412 g/mol. The Hall–Kier alpha value is -1.94. The molecule has 1 aliphatic heterocycles. The van der Waals surface area contributed by atoms with Crippen molar-refractivity contribution in [3.8, 4) is 11.8 Å². The highest BCUT2D eigenvalue weighted by Gasteiger charge is 2.22. The van der Waals surface area contributed by atoms with Crippen molar-refractivity contribution in [2.24, 2.45) is 0 Å². The number of rotatable bonds is 5. The number of likely N-dealkylation sites (N-methyl/N-ethyl adjacent to an activating group) is 1. The quantitative estimate of drug-likeness (QED) is 0.597. The number of ether oxygens (including phenoxy) is 1. The van der Waals surface area contributed by atoms with Crippen LogP contribution >= 0.6 is 23.2 Å². The average Bonchev–Trinajstić information content (AvgIpc) is 2.67. The summed E-state index contributed by atoms with van der Waals surface area (Å²) < 4.78 is 4.96. The third-order valence-corrected chi connectivity index (χ3v) is 4.71. The van der Waals surface area contributed by atoms with Gasteiger partial charge in [-0.05, 0) is 31.2 Å². The number of halogens is 2. The van der Waals surface area contributed by atoms with Crippen LogP contribution in [-0.2, 0) is 9.53 Å². The van der Waals surface area contributed by atoms with E-state index in [4.69, 9.17) is 27.9 Å². The predicted octanol–water partition coefficient (Wildman–Crippen LogP) is 2.63. The molecule has 27 heavy (non-hydrogen) atoms. The molecule has 0 bridgehead atoms. The highest BCUT2D eigenvalue weighted by Crippen LogP contribution is 2.20. The maximum Gasteiger partial charge on any atom is 0.410 e. The van der Waals surface area contributed by atoms with E-state index in [0.717, 1.165) is 38.0 Å². The first-order valence-corrected chi connectivity index (χ1v) is 9.53. The molecule has 6 nitrogen and oxygen atoms in total. The van der Waals surface area contributed by atoms with Crippen molar-refractivity contribution < 1.29 is 14.3 Å². The van der Waals surface area contributed by atoms with Gasteiger partial charge in [-0.1, -0.05) is 35.0 Å². The van der Waals surface area contributed by atoms with E-state index >= 15 is 0 Å². The summed E-state index contributed by atoms with van der Waals surface area (Å²) >= 11 is 12.0. The molecule has 0 aliphatic carbocycles. The van der Waals surface area contributed by atoms with Gasteiger partial charge in [0, 0.05) is 50.2 Å². The van der Waals surface area contributed by atoms with Gasteiger partial charge in [0.25, 0.3) is 5.91 Å². The molecule has 0 radical (unpaired) electrons. The lowest BCUT2D eigenvalue weighted by Crippen LogP contribution is -2.49. The molecule has 1 saturated heterocycles. The molecular weight excluding hydrogens is 389 g/mol. The zero-order valence-electron chi connectivity index (χ0n) is 15.3. The highest BCUT2D eigenvalue weighted by molar-refractivity contribution is 6.35. The molecular formula is C19H23Cl2N3O3. The first-order chi connectivity index (χ1) is 13.0. The summed E-state index contributed by atoms with van der Waals surface area (Å²) in [5.41, 5.74) is 0.782. The third kappa shape index (κ3) is 7.30. The molecule has 2 amide bonds. The number of hydrogen-bond donors (Lipinski definition) is 1. The van der Waals surface area contributed by atoms with Gasteiger partial charge in [-0.3, -0.25) is 9.69 Å². The summed E-state index contributed by atoms with van der Waals surface area (Å²) in [5, 5.41) is 3.58. The molecule has 1 heterocycles. The molecule has 0 atom stereocenters. The molecule has 0 saturated carbocycles. The highest BCUT2D eigenvalue weighted by atomic mass is 35.5. The van der Waals surface area contributed by atoms with E-state index in [9.17, 15) is 9.59 Å². The number of hydrogen-bond acceptors (Lipinski definition) is 4. The predicted molar refractivity (Wildman–Crippen MR) is 106 cm³/mol. The van der Waals surface area contributed by atoms with Gasteiger partial charge >= 0.3 is 6.09 Å². The first kappa shape index (κ1) is 21.4. The van der Waals surface area contributed by atoms with E-state index in [-0.39, 0.29) is 12.5 Å². The first-order valence-electron chi connectivity index (χ1n) is 8.78. The van der Waals surface area contributed by atoms with Gasteiger partial charge in [0.2, 0.25) is 0 Å². The van der Waals surface area contributed by atoms with Gasteiger partial charge in [0.15, 0.2) is 6.61 Å². The van der Waals surface area contributed by atoms with Crippen LogP contribution < -0.4 is 5.32 Å². The number of unbranched alkanes of at least 4 members (excludes halogenated alkanes) is 1. The minimum Gasteiger partial charge on any atom is -0.439 e. The van der Waals surface area contributed by atoms with Gasteiger partial charge in [-0.2, -0.15) is 0 Å². The molecule has 1 aromatic carbocycles. The number of amides is 2. The Morgan fingerprint density at radius 2 is 1.96 bits per heavy atom. The Bertz CT molecular complexity index is 723. The lowest BCUT2D eigenvalue weighted by Gasteiger charge is -2.33. The van der Waals surface area contributed by atoms with E-state index in [1.807, 2.05) is 6.07 Å². The second-order valence-electron chi connectivity index (χ2n) is 6.09. The fourth-order valence-electron chi connectivity index (χ4n) is 2.58. The van der Waals surface area contributed by atoms with Crippen molar-refractivity contribution in [3.63, 3.8) is 0 Å². The van der Waals surface area contributed by atoms with E-state index in [0.29, 0.717) is 23.1 Å². The lowest BCUT2D eigenvalue weighted by atomic mass is 10.2. The largest absolute Gasteiger partial charge is 0.439 e. The van der Waals surface area contributed by atoms with E-state index < -0.39 is 6.09 Å². The normalized spacial score (nSPS) is 14.3. The zero-order chi connectivity index (χ0) is 19.6. The Morgan fingerprint density at radius 1 is 1.22 bits per heavy atom. The van der Waals surface area contributed by atoms with Crippen LogP contribution in [0.5, 0.6) is 0 Å². The SMILES string of the molecule is CNC(=O)COC(=O)N1CCN(CCCC#Cc2ccc(Cl)cc2Cl)CC1. The molecule has 1 aliphatic rings. The summed E-state index contributed by atoms with van der Waals surface area (Å²) in [7, 11) is 1.50. The molecule has 8 heteroatoms. The number of carbonyl (C=O) groups excluding carboxylic acids is 2. The Balaban J connectivity index is 1.64. The number of nitrogens with zero attached hydrogens (tertiary/aromatic N) is 2. The smallest absolute Gasteiger partial charge is 0.410 e. The third-order valence-electron chi connectivity index (χ3n) is 4.17. The monoisotopic (exact) mass is 411 g/mol. The molecule has 0 unspecified atom stereocenters. The number of nitrogens with one attached hydrogen (secondary N) is 1. The lowest BCUT2D eigenvalue weighted by molar-refractivity contribution is -0.123. The van der Waals surface area contributed by atoms with Crippen molar-refractivity contribution in [2.45, 2.75) is 12.8 Å². The van der Waals surface area contributed by atoms with Gasteiger partial charge in [0.1, 0.15) is 0 Å². The molecule has 1 fully saturated rings. The van der Waals surface area contributed by atoms with Crippen LogP contribution in [0.15, 0.2) is 18.2 Å². The standard InChI is InChI=1S/C19H23Cl2N3O3/c1-22-18(25)14-27-19(26)24-11-9-23(10-12-24)8-4-2-3-5-15-6-7-16(20)13-17(15)21/h6-7,13H,2,4,8-12,14H2,1H3,(H,22,25). The minimum absolute atomic E-state index is 0.244. The van der Waals surface area contributed by atoms with Crippen LogP contribution in [0.2, 0.25) is 10.0 Å². The zero-order valence-corrected chi connectivity index (χ0v) is 16.8. The van der Waals surface area contributed by atoms with Gasteiger partial charge < -0.3 is 15.0 Å². The van der Waals surface area contributed by atoms with Crippen molar-refractivity contribution in [1.29, 1.82) is 0 Å². The molecule has 2 rings (SSSR count). The van der Waals surface area contributed by atoms with Crippen molar-refractivity contribution in [1.82, 2.24) is 15.1 Å².